The first-order valence-corrected chi connectivity index (χ1v) is 8.72. The maximum absolute atomic E-state index is 11.3. The van der Waals surface area contributed by atoms with Gasteiger partial charge in [-0.15, -0.1) is 0 Å². The zero-order valence-electron chi connectivity index (χ0n) is 14.7. The standard InChI is InChI=1S/C18H36O3/c1-16(2)14-12-10-8-6-5-7-9-11-13-15-17(20-3)18(19)21-4/h16-17H,5-15H2,1-4H3. The summed E-state index contributed by atoms with van der Waals surface area (Å²) in [6.07, 6.45) is 13.5. The molecule has 0 fully saturated rings. The summed E-state index contributed by atoms with van der Waals surface area (Å²) in [4.78, 5) is 11.3. The lowest BCUT2D eigenvalue weighted by Crippen LogP contribution is -2.24. The Bertz CT molecular complexity index is 239. The molecule has 0 aliphatic carbocycles. The summed E-state index contributed by atoms with van der Waals surface area (Å²) < 4.78 is 9.82. The van der Waals surface area contributed by atoms with E-state index in [0.29, 0.717) is 0 Å². The van der Waals surface area contributed by atoms with Crippen LogP contribution in [-0.4, -0.2) is 26.3 Å². The van der Waals surface area contributed by atoms with Crippen LogP contribution in [0.5, 0.6) is 0 Å². The smallest absolute Gasteiger partial charge is 0.334 e. The number of hydrogen-bond donors (Lipinski definition) is 0. The van der Waals surface area contributed by atoms with Gasteiger partial charge in [0.1, 0.15) is 0 Å². The molecule has 0 N–H and O–H groups in total. The van der Waals surface area contributed by atoms with Crippen molar-refractivity contribution in [1.29, 1.82) is 0 Å². The predicted octanol–water partition coefficient (Wildman–Crippen LogP) is 5.12. The minimum Gasteiger partial charge on any atom is -0.467 e. The fourth-order valence-electron chi connectivity index (χ4n) is 2.58. The maximum atomic E-state index is 11.3. The molecule has 1 unspecified atom stereocenters. The minimum atomic E-state index is -0.379. The van der Waals surface area contributed by atoms with Crippen molar-refractivity contribution in [3.8, 4) is 0 Å². The molecule has 0 spiro atoms. The normalized spacial score (nSPS) is 12.6. The number of carbonyl (C=O) groups excluding carboxylic acids is 1. The van der Waals surface area contributed by atoms with Crippen molar-refractivity contribution in [3.05, 3.63) is 0 Å². The van der Waals surface area contributed by atoms with Gasteiger partial charge in [0.05, 0.1) is 7.11 Å². The van der Waals surface area contributed by atoms with Gasteiger partial charge in [-0.3, -0.25) is 0 Å². The van der Waals surface area contributed by atoms with Crippen molar-refractivity contribution in [1.82, 2.24) is 0 Å². The van der Waals surface area contributed by atoms with E-state index in [-0.39, 0.29) is 12.1 Å². The van der Waals surface area contributed by atoms with E-state index in [0.717, 1.165) is 18.8 Å². The van der Waals surface area contributed by atoms with Crippen LogP contribution in [0.1, 0.15) is 84.5 Å². The molecule has 126 valence electrons. The van der Waals surface area contributed by atoms with Crippen molar-refractivity contribution < 1.29 is 14.3 Å². The van der Waals surface area contributed by atoms with Crippen LogP contribution >= 0.6 is 0 Å². The highest BCUT2D eigenvalue weighted by Gasteiger charge is 2.17. The number of ether oxygens (including phenoxy) is 2. The first-order chi connectivity index (χ1) is 10.1. The van der Waals surface area contributed by atoms with E-state index < -0.39 is 0 Å². The second-order valence-corrected chi connectivity index (χ2v) is 6.40. The molecule has 0 aromatic rings. The highest BCUT2D eigenvalue weighted by atomic mass is 16.6. The molecule has 0 bridgehead atoms. The fourth-order valence-corrected chi connectivity index (χ4v) is 2.58. The molecule has 0 amide bonds. The Labute approximate surface area is 131 Å². The van der Waals surface area contributed by atoms with Gasteiger partial charge in [0.25, 0.3) is 0 Å². The monoisotopic (exact) mass is 300 g/mol. The average Bonchev–Trinajstić information content (AvgIpc) is 2.47. The fraction of sp³-hybridized carbons (Fsp3) is 0.944. The molecule has 0 aromatic carbocycles. The molecular weight excluding hydrogens is 264 g/mol. The van der Waals surface area contributed by atoms with Crippen LogP contribution in [0.3, 0.4) is 0 Å². The summed E-state index contributed by atoms with van der Waals surface area (Å²) >= 11 is 0. The zero-order valence-corrected chi connectivity index (χ0v) is 14.7. The quantitative estimate of drug-likeness (QED) is 0.330. The lowest BCUT2D eigenvalue weighted by atomic mass is 10.0. The van der Waals surface area contributed by atoms with Crippen LogP contribution in [0.4, 0.5) is 0 Å². The van der Waals surface area contributed by atoms with Gasteiger partial charge in [0.2, 0.25) is 0 Å². The molecule has 0 aliphatic heterocycles. The van der Waals surface area contributed by atoms with E-state index in [2.05, 4.69) is 13.8 Å². The number of hydrogen-bond acceptors (Lipinski definition) is 3. The molecule has 0 saturated heterocycles. The molecule has 21 heavy (non-hydrogen) atoms. The summed E-state index contributed by atoms with van der Waals surface area (Å²) in [6, 6.07) is 0. The highest BCUT2D eigenvalue weighted by molar-refractivity contribution is 5.74. The van der Waals surface area contributed by atoms with Gasteiger partial charge in [0.15, 0.2) is 6.10 Å². The van der Waals surface area contributed by atoms with Crippen molar-refractivity contribution in [2.24, 2.45) is 5.92 Å². The molecule has 1 atom stereocenters. The third-order valence-electron chi connectivity index (χ3n) is 4.00. The molecule has 0 aliphatic rings. The highest BCUT2D eigenvalue weighted by Crippen LogP contribution is 2.14. The van der Waals surface area contributed by atoms with E-state index >= 15 is 0 Å². The van der Waals surface area contributed by atoms with Crippen LogP contribution in [0.15, 0.2) is 0 Å². The third-order valence-corrected chi connectivity index (χ3v) is 4.00. The summed E-state index contributed by atoms with van der Waals surface area (Å²) in [6.45, 7) is 4.60. The molecular formula is C18H36O3. The van der Waals surface area contributed by atoms with Crippen LogP contribution in [0.25, 0.3) is 0 Å². The van der Waals surface area contributed by atoms with E-state index in [1.165, 1.54) is 64.9 Å². The molecule has 3 heteroatoms. The molecule has 0 saturated carbocycles. The largest absolute Gasteiger partial charge is 0.467 e. The van der Waals surface area contributed by atoms with Crippen LogP contribution in [-0.2, 0) is 14.3 Å². The number of esters is 1. The Hall–Kier alpha value is -0.570. The van der Waals surface area contributed by atoms with Crippen LogP contribution in [0, 0.1) is 5.92 Å². The lowest BCUT2D eigenvalue weighted by molar-refractivity contribution is -0.152. The van der Waals surface area contributed by atoms with E-state index in [4.69, 9.17) is 9.47 Å². The minimum absolute atomic E-state index is 0.251. The molecule has 3 nitrogen and oxygen atoms in total. The molecule has 0 aromatic heterocycles. The van der Waals surface area contributed by atoms with Gasteiger partial charge in [0, 0.05) is 7.11 Å². The van der Waals surface area contributed by atoms with Crippen LogP contribution in [0.2, 0.25) is 0 Å². The first-order valence-electron chi connectivity index (χ1n) is 8.72. The Morgan fingerprint density at radius 3 is 1.57 bits per heavy atom. The number of rotatable bonds is 14. The van der Waals surface area contributed by atoms with Gasteiger partial charge in [-0.2, -0.15) is 0 Å². The van der Waals surface area contributed by atoms with Gasteiger partial charge in [-0.1, -0.05) is 78.1 Å². The summed E-state index contributed by atoms with van der Waals surface area (Å²) in [7, 11) is 2.98. The second-order valence-electron chi connectivity index (χ2n) is 6.40. The van der Waals surface area contributed by atoms with E-state index in [1.54, 1.807) is 7.11 Å². The van der Waals surface area contributed by atoms with E-state index in [9.17, 15) is 4.79 Å². The van der Waals surface area contributed by atoms with Crippen molar-refractivity contribution in [2.45, 2.75) is 90.6 Å². The van der Waals surface area contributed by atoms with Crippen molar-refractivity contribution in [2.75, 3.05) is 14.2 Å². The van der Waals surface area contributed by atoms with Crippen molar-refractivity contribution in [3.63, 3.8) is 0 Å². The summed E-state index contributed by atoms with van der Waals surface area (Å²) in [5, 5.41) is 0. The molecule has 0 rings (SSSR count). The number of methoxy groups -OCH3 is 2. The maximum Gasteiger partial charge on any atom is 0.334 e. The number of unbranched alkanes of at least 4 members (excludes halogenated alkanes) is 8. The SMILES string of the molecule is COC(=O)C(CCCCCCCCCCCC(C)C)OC. The Kier molecular flexibility index (Phi) is 14.0. The lowest BCUT2D eigenvalue weighted by Gasteiger charge is -2.12. The Morgan fingerprint density at radius 2 is 1.19 bits per heavy atom. The van der Waals surface area contributed by atoms with E-state index in [1.807, 2.05) is 0 Å². The predicted molar refractivity (Wildman–Crippen MR) is 88.4 cm³/mol. The first kappa shape index (κ1) is 20.4. The Morgan fingerprint density at radius 1 is 0.762 bits per heavy atom. The van der Waals surface area contributed by atoms with Gasteiger partial charge >= 0.3 is 5.97 Å². The van der Waals surface area contributed by atoms with Gasteiger partial charge < -0.3 is 9.47 Å². The Balaban J connectivity index is 3.27. The topological polar surface area (TPSA) is 35.5 Å². The second kappa shape index (κ2) is 14.4. The van der Waals surface area contributed by atoms with Crippen molar-refractivity contribution >= 4 is 5.97 Å². The van der Waals surface area contributed by atoms with Gasteiger partial charge in [-0.05, 0) is 12.3 Å². The number of carbonyl (C=O) groups is 1. The third kappa shape index (κ3) is 12.9. The summed E-state index contributed by atoms with van der Waals surface area (Å²) in [5.41, 5.74) is 0. The average molecular weight is 300 g/mol. The van der Waals surface area contributed by atoms with Gasteiger partial charge in [-0.25, -0.2) is 4.79 Å². The summed E-state index contributed by atoms with van der Waals surface area (Å²) in [5.74, 6) is 0.602. The zero-order chi connectivity index (χ0) is 15.9. The molecule has 0 radical (unpaired) electrons. The van der Waals surface area contributed by atoms with Crippen LogP contribution < -0.4 is 0 Å². The molecule has 0 heterocycles.